The lowest BCUT2D eigenvalue weighted by Crippen LogP contribution is -2.44. The summed E-state index contributed by atoms with van der Waals surface area (Å²) in [5.74, 6) is 0. The van der Waals surface area contributed by atoms with Crippen LogP contribution in [0.3, 0.4) is 0 Å². The van der Waals surface area contributed by atoms with Gasteiger partial charge in [-0.15, -0.1) is 0 Å². The summed E-state index contributed by atoms with van der Waals surface area (Å²) in [6.45, 7) is 15.0. The minimum Gasteiger partial charge on any atom is -0.312 e. The third kappa shape index (κ3) is 3.46. The summed E-state index contributed by atoms with van der Waals surface area (Å²) in [7, 11) is 0. The van der Waals surface area contributed by atoms with E-state index in [-0.39, 0.29) is 0 Å². The van der Waals surface area contributed by atoms with Crippen LogP contribution in [0.2, 0.25) is 0 Å². The van der Waals surface area contributed by atoms with E-state index in [1.807, 2.05) is 0 Å². The largest absolute Gasteiger partial charge is 0.312 e. The van der Waals surface area contributed by atoms with Crippen molar-refractivity contribution in [2.75, 3.05) is 19.6 Å². The first-order valence-electron chi connectivity index (χ1n) is 6.51. The van der Waals surface area contributed by atoms with Crippen LogP contribution in [-0.2, 0) is 0 Å². The smallest absolute Gasteiger partial charge is 0.0192 e. The van der Waals surface area contributed by atoms with Crippen LogP contribution in [-0.4, -0.2) is 36.6 Å². The monoisotopic (exact) mass is 212 g/mol. The summed E-state index contributed by atoms with van der Waals surface area (Å²) in [6.07, 6.45) is 2.81. The van der Waals surface area contributed by atoms with Crippen LogP contribution in [0.4, 0.5) is 0 Å². The van der Waals surface area contributed by atoms with Crippen LogP contribution in [0.1, 0.15) is 47.5 Å². The van der Waals surface area contributed by atoms with Gasteiger partial charge in [0.25, 0.3) is 0 Å². The Morgan fingerprint density at radius 3 is 2.13 bits per heavy atom. The van der Waals surface area contributed by atoms with Gasteiger partial charge in [0.1, 0.15) is 0 Å². The zero-order valence-corrected chi connectivity index (χ0v) is 11.1. The van der Waals surface area contributed by atoms with Crippen LogP contribution in [0, 0.1) is 5.41 Å². The molecule has 0 aromatic carbocycles. The van der Waals surface area contributed by atoms with Crippen molar-refractivity contribution in [3.63, 3.8) is 0 Å². The Balaban J connectivity index is 2.23. The number of nitrogens with one attached hydrogen (secondary N) is 1. The summed E-state index contributed by atoms with van der Waals surface area (Å²) in [5.41, 5.74) is 0.600. The van der Waals surface area contributed by atoms with Crippen LogP contribution >= 0.6 is 0 Å². The number of hydrogen-bond donors (Lipinski definition) is 1. The third-order valence-electron chi connectivity index (χ3n) is 4.24. The van der Waals surface area contributed by atoms with Gasteiger partial charge >= 0.3 is 0 Å². The first-order valence-corrected chi connectivity index (χ1v) is 6.51. The minimum absolute atomic E-state index is 0.600. The maximum atomic E-state index is 3.69. The zero-order valence-electron chi connectivity index (χ0n) is 11.1. The zero-order chi connectivity index (χ0) is 11.5. The van der Waals surface area contributed by atoms with E-state index < -0.39 is 0 Å². The van der Waals surface area contributed by atoms with E-state index in [1.165, 1.54) is 12.8 Å². The van der Waals surface area contributed by atoms with Gasteiger partial charge in [0.2, 0.25) is 0 Å². The first-order chi connectivity index (χ1) is 7.03. The highest BCUT2D eigenvalue weighted by Gasteiger charge is 2.42. The molecule has 90 valence electrons. The maximum Gasteiger partial charge on any atom is 0.0192 e. The average molecular weight is 212 g/mol. The standard InChI is InChI=1S/C13H28N2/c1-6-15(7-2)11(3)10-14-12(4)13(5)8-9-13/h11-12,14H,6-10H2,1-5H3. The summed E-state index contributed by atoms with van der Waals surface area (Å²) in [6, 6.07) is 1.33. The Kier molecular flexibility index (Phi) is 4.60. The van der Waals surface area contributed by atoms with Gasteiger partial charge < -0.3 is 5.32 Å². The fourth-order valence-electron chi connectivity index (χ4n) is 2.20. The lowest BCUT2D eigenvalue weighted by molar-refractivity contribution is 0.214. The highest BCUT2D eigenvalue weighted by Crippen LogP contribution is 2.47. The van der Waals surface area contributed by atoms with Crippen molar-refractivity contribution in [1.82, 2.24) is 10.2 Å². The first kappa shape index (κ1) is 13.0. The Bertz CT molecular complexity index is 183. The summed E-state index contributed by atoms with van der Waals surface area (Å²) >= 11 is 0. The third-order valence-corrected chi connectivity index (χ3v) is 4.24. The highest BCUT2D eigenvalue weighted by molar-refractivity contribution is 4.96. The van der Waals surface area contributed by atoms with Crippen molar-refractivity contribution >= 4 is 0 Å². The Morgan fingerprint density at radius 1 is 1.20 bits per heavy atom. The summed E-state index contributed by atoms with van der Waals surface area (Å²) < 4.78 is 0. The van der Waals surface area contributed by atoms with E-state index >= 15 is 0 Å². The van der Waals surface area contributed by atoms with Crippen molar-refractivity contribution < 1.29 is 0 Å². The van der Waals surface area contributed by atoms with Gasteiger partial charge in [-0.05, 0) is 45.2 Å². The molecule has 0 spiro atoms. The molecule has 0 radical (unpaired) electrons. The van der Waals surface area contributed by atoms with E-state index in [0.717, 1.165) is 19.6 Å². The van der Waals surface area contributed by atoms with E-state index in [0.29, 0.717) is 17.5 Å². The second-order valence-electron chi connectivity index (χ2n) is 5.35. The van der Waals surface area contributed by atoms with Crippen LogP contribution in [0.25, 0.3) is 0 Å². The Morgan fingerprint density at radius 2 is 1.73 bits per heavy atom. The second-order valence-corrected chi connectivity index (χ2v) is 5.35. The van der Waals surface area contributed by atoms with Crippen molar-refractivity contribution in [1.29, 1.82) is 0 Å². The van der Waals surface area contributed by atoms with Crippen LogP contribution in [0.5, 0.6) is 0 Å². The predicted octanol–water partition coefficient (Wildman–Crippen LogP) is 2.49. The molecule has 15 heavy (non-hydrogen) atoms. The molecule has 1 aliphatic rings. The normalized spacial score (nSPS) is 22.8. The van der Waals surface area contributed by atoms with Crippen molar-refractivity contribution in [3.05, 3.63) is 0 Å². The molecule has 1 saturated carbocycles. The number of nitrogens with zero attached hydrogens (tertiary/aromatic N) is 1. The molecule has 0 aliphatic heterocycles. The molecule has 0 aromatic rings. The van der Waals surface area contributed by atoms with Gasteiger partial charge in [0.15, 0.2) is 0 Å². The fourth-order valence-corrected chi connectivity index (χ4v) is 2.20. The van der Waals surface area contributed by atoms with E-state index in [2.05, 4.69) is 44.8 Å². The molecule has 2 unspecified atom stereocenters. The maximum absolute atomic E-state index is 3.69. The Hall–Kier alpha value is -0.0800. The molecule has 0 bridgehead atoms. The van der Waals surface area contributed by atoms with Gasteiger partial charge in [-0.2, -0.15) is 0 Å². The molecular formula is C13H28N2. The van der Waals surface area contributed by atoms with E-state index in [1.54, 1.807) is 0 Å². The minimum atomic E-state index is 0.600. The number of likely N-dealkylation sites (N-methyl/N-ethyl adjacent to an activating group) is 1. The molecule has 0 amide bonds. The molecule has 2 atom stereocenters. The SMILES string of the molecule is CCN(CC)C(C)CNC(C)C1(C)CC1. The van der Waals surface area contributed by atoms with Crippen molar-refractivity contribution in [2.24, 2.45) is 5.41 Å². The van der Waals surface area contributed by atoms with Crippen LogP contribution < -0.4 is 5.32 Å². The summed E-state index contributed by atoms with van der Waals surface area (Å²) in [4.78, 5) is 2.51. The van der Waals surface area contributed by atoms with Gasteiger partial charge in [0.05, 0.1) is 0 Å². The van der Waals surface area contributed by atoms with E-state index in [9.17, 15) is 0 Å². The predicted molar refractivity (Wildman–Crippen MR) is 67.2 cm³/mol. The number of hydrogen-bond acceptors (Lipinski definition) is 2. The van der Waals surface area contributed by atoms with Gasteiger partial charge in [-0.3, -0.25) is 4.90 Å². The molecule has 1 fully saturated rings. The van der Waals surface area contributed by atoms with Gasteiger partial charge in [0, 0.05) is 18.6 Å². The molecule has 2 heteroatoms. The molecule has 1 rings (SSSR count). The lowest BCUT2D eigenvalue weighted by Gasteiger charge is -2.29. The molecule has 0 heterocycles. The van der Waals surface area contributed by atoms with Gasteiger partial charge in [-0.25, -0.2) is 0 Å². The molecular weight excluding hydrogens is 184 g/mol. The second kappa shape index (κ2) is 5.31. The Labute approximate surface area is 95.4 Å². The quantitative estimate of drug-likeness (QED) is 0.697. The summed E-state index contributed by atoms with van der Waals surface area (Å²) in [5, 5.41) is 3.69. The topological polar surface area (TPSA) is 15.3 Å². The fraction of sp³-hybridized carbons (Fsp3) is 1.00. The highest BCUT2D eigenvalue weighted by atomic mass is 15.2. The average Bonchev–Trinajstić information content (AvgIpc) is 2.96. The van der Waals surface area contributed by atoms with E-state index in [4.69, 9.17) is 0 Å². The molecule has 1 N–H and O–H groups in total. The van der Waals surface area contributed by atoms with Crippen LogP contribution in [0.15, 0.2) is 0 Å². The molecule has 0 saturated heterocycles. The molecule has 0 aromatic heterocycles. The van der Waals surface area contributed by atoms with Gasteiger partial charge in [-0.1, -0.05) is 20.8 Å². The molecule has 1 aliphatic carbocycles. The van der Waals surface area contributed by atoms with Crippen molar-refractivity contribution in [3.8, 4) is 0 Å². The molecule has 2 nitrogen and oxygen atoms in total. The number of rotatable bonds is 7. The van der Waals surface area contributed by atoms with Crippen molar-refractivity contribution in [2.45, 2.75) is 59.5 Å². The lowest BCUT2D eigenvalue weighted by atomic mass is 10.0.